The molecule has 0 fully saturated rings. The summed E-state index contributed by atoms with van der Waals surface area (Å²) in [6.07, 6.45) is 1.87. The lowest BCUT2D eigenvalue weighted by molar-refractivity contribution is 0.0937. The SMILES string of the molecule is CCN(CC)S(=O)(=O)c1ccc(Cl)c(C(=O)N[C@@H](C)CCC(C)C)c1. The van der Waals surface area contributed by atoms with Gasteiger partial charge in [-0.1, -0.05) is 39.3 Å². The first-order valence-electron chi connectivity index (χ1n) is 8.74. The maximum Gasteiger partial charge on any atom is 0.253 e. The maximum atomic E-state index is 12.6. The molecule has 1 aromatic carbocycles. The normalized spacial score (nSPS) is 13.3. The number of rotatable bonds is 9. The lowest BCUT2D eigenvalue weighted by Gasteiger charge is -2.19. The van der Waals surface area contributed by atoms with Gasteiger partial charge >= 0.3 is 0 Å². The summed E-state index contributed by atoms with van der Waals surface area (Å²) in [6.45, 7) is 10.5. The van der Waals surface area contributed by atoms with Gasteiger partial charge in [-0.15, -0.1) is 0 Å². The number of halogens is 1. The fourth-order valence-corrected chi connectivity index (χ4v) is 4.20. The summed E-state index contributed by atoms with van der Waals surface area (Å²) < 4.78 is 26.6. The third-order valence-electron chi connectivity index (χ3n) is 4.08. The summed E-state index contributed by atoms with van der Waals surface area (Å²) in [4.78, 5) is 12.6. The average Bonchev–Trinajstić information content (AvgIpc) is 2.53. The van der Waals surface area contributed by atoms with Crippen LogP contribution in [0.4, 0.5) is 0 Å². The molecule has 0 aliphatic heterocycles. The van der Waals surface area contributed by atoms with E-state index in [9.17, 15) is 13.2 Å². The minimum absolute atomic E-state index is 0.00554. The highest BCUT2D eigenvalue weighted by atomic mass is 35.5. The molecule has 0 heterocycles. The van der Waals surface area contributed by atoms with Crippen LogP contribution in [0, 0.1) is 5.92 Å². The predicted molar refractivity (Wildman–Crippen MR) is 103 cm³/mol. The van der Waals surface area contributed by atoms with Crippen LogP contribution in [0.3, 0.4) is 0 Å². The Kier molecular flexibility index (Phi) is 8.38. The Morgan fingerprint density at radius 3 is 2.28 bits per heavy atom. The van der Waals surface area contributed by atoms with Gasteiger partial charge < -0.3 is 5.32 Å². The lowest BCUT2D eigenvalue weighted by Crippen LogP contribution is -2.33. The van der Waals surface area contributed by atoms with Gasteiger partial charge in [-0.25, -0.2) is 8.42 Å². The first-order valence-corrected chi connectivity index (χ1v) is 10.6. The number of hydrogen-bond acceptors (Lipinski definition) is 3. The molecule has 1 N–H and O–H groups in total. The molecule has 0 radical (unpaired) electrons. The van der Waals surface area contributed by atoms with Crippen LogP contribution in [0.2, 0.25) is 5.02 Å². The number of hydrogen-bond donors (Lipinski definition) is 1. The van der Waals surface area contributed by atoms with Crippen LogP contribution in [0.5, 0.6) is 0 Å². The van der Waals surface area contributed by atoms with Crippen molar-refractivity contribution in [1.29, 1.82) is 0 Å². The number of benzene rings is 1. The minimum atomic E-state index is -3.63. The molecule has 0 aliphatic rings. The van der Waals surface area contributed by atoms with E-state index in [4.69, 9.17) is 11.6 Å². The molecule has 0 spiro atoms. The second kappa shape index (κ2) is 9.55. The molecule has 0 aromatic heterocycles. The van der Waals surface area contributed by atoms with E-state index in [1.165, 1.54) is 22.5 Å². The molecule has 1 rings (SSSR count). The fraction of sp³-hybridized carbons (Fsp3) is 0.611. The van der Waals surface area contributed by atoms with E-state index in [0.29, 0.717) is 19.0 Å². The van der Waals surface area contributed by atoms with Gasteiger partial charge in [-0.2, -0.15) is 4.31 Å². The summed E-state index contributed by atoms with van der Waals surface area (Å²) in [5, 5.41) is 3.14. The van der Waals surface area contributed by atoms with Gasteiger partial charge in [0.2, 0.25) is 10.0 Å². The topological polar surface area (TPSA) is 66.5 Å². The fourth-order valence-electron chi connectivity index (χ4n) is 2.51. The van der Waals surface area contributed by atoms with Crippen LogP contribution >= 0.6 is 11.6 Å². The first kappa shape index (κ1) is 21.9. The molecule has 7 heteroatoms. The van der Waals surface area contributed by atoms with Gasteiger partial charge in [0.05, 0.1) is 15.5 Å². The van der Waals surface area contributed by atoms with Crippen LogP contribution < -0.4 is 5.32 Å². The van der Waals surface area contributed by atoms with Gasteiger partial charge in [-0.3, -0.25) is 4.79 Å². The summed E-state index contributed by atoms with van der Waals surface area (Å²) >= 11 is 6.13. The van der Waals surface area contributed by atoms with Crippen molar-refractivity contribution in [2.75, 3.05) is 13.1 Å². The molecule has 0 unspecified atom stereocenters. The van der Waals surface area contributed by atoms with Crippen molar-refractivity contribution in [3.05, 3.63) is 28.8 Å². The highest BCUT2D eigenvalue weighted by Crippen LogP contribution is 2.23. The van der Waals surface area contributed by atoms with Gasteiger partial charge in [-0.05, 0) is 43.9 Å². The van der Waals surface area contributed by atoms with E-state index in [1.54, 1.807) is 13.8 Å². The number of nitrogens with zero attached hydrogens (tertiary/aromatic N) is 1. The summed E-state index contributed by atoms with van der Waals surface area (Å²) in [7, 11) is -3.63. The molecule has 1 atom stereocenters. The molecule has 0 saturated carbocycles. The van der Waals surface area contributed by atoms with E-state index in [2.05, 4.69) is 19.2 Å². The van der Waals surface area contributed by atoms with E-state index >= 15 is 0 Å². The van der Waals surface area contributed by atoms with Crippen molar-refractivity contribution in [2.45, 2.75) is 58.4 Å². The molecular formula is C18H29ClN2O3S. The van der Waals surface area contributed by atoms with Crippen molar-refractivity contribution >= 4 is 27.5 Å². The van der Waals surface area contributed by atoms with Crippen molar-refractivity contribution < 1.29 is 13.2 Å². The number of carbonyl (C=O) groups excluding carboxylic acids is 1. The Morgan fingerprint density at radius 1 is 1.16 bits per heavy atom. The number of nitrogens with one attached hydrogen (secondary N) is 1. The zero-order chi connectivity index (χ0) is 19.2. The maximum absolute atomic E-state index is 12.6. The Balaban J connectivity index is 3.03. The van der Waals surface area contributed by atoms with Crippen LogP contribution in [0.1, 0.15) is 57.8 Å². The van der Waals surface area contributed by atoms with Crippen molar-refractivity contribution in [1.82, 2.24) is 9.62 Å². The average molecular weight is 389 g/mol. The highest BCUT2D eigenvalue weighted by molar-refractivity contribution is 7.89. The van der Waals surface area contributed by atoms with Crippen molar-refractivity contribution in [2.24, 2.45) is 5.92 Å². The van der Waals surface area contributed by atoms with Crippen molar-refractivity contribution in [3.63, 3.8) is 0 Å². The van der Waals surface area contributed by atoms with Gasteiger partial charge in [0.15, 0.2) is 0 Å². The second-order valence-corrected chi connectivity index (χ2v) is 8.92. The quantitative estimate of drug-likeness (QED) is 0.697. The van der Waals surface area contributed by atoms with Crippen LogP contribution in [-0.4, -0.2) is 37.8 Å². The third-order valence-corrected chi connectivity index (χ3v) is 6.46. The molecule has 0 saturated heterocycles. The monoisotopic (exact) mass is 388 g/mol. The van der Waals surface area contributed by atoms with Gasteiger partial charge in [0, 0.05) is 19.1 Å². The highest BCUT2D eigenvalue weighted by Gasteiger charge is 2.24. The van der Waals surface area contributed by atoms with E-state index in [1.807, 2.05) is 6.92 Å². The Morgan fingerprint density at radius 2 is 1.76 bits per heavy atom. The summed E-state index contributed by atoms with van der Waals surface area (Å²) in [5.41, 5.74) is 0.186. The van der Waals surface area contributed by atoms with Crippen LogP contribution in [0.15, 0.2) is 23.1 Å². The summed E-state index contributed by atoms with van der Waals surface area (Å²) in [5.74, 6) is 0.211. The third kappa shape index (κ3) is 5.97. The predicted octanol–water partition coefficient (Wildman–Crippen LogP) is 3.93. The Labute approximate surface area is 156 Å². The zero-order valence-corrected chi connectivity index (χ0v) is 17.2. The summed E-state index contributed by atoms with van der Waals surface area (Å²) in [6, 6.07) is 4.26. The number of sulfonamides is 1. The van der Waals surface area contributed by atoms with E-state index < -0.39 is 10.0 Å². The largest absolute Gasteiger partial charge is 0.350 e. The Bertz CT molecular complexity index is 686. The van der Waals surface area contributed by atoms with E-state index in [-0.39, 0.29) is 27.4 Å². The van der Waals surface area contributed by atoms with Crippen LogP contribution in [-0.2, 0) is 10.0 Å². The molecule has 1 amide bonds. The molecule has 25 heavy (non-hydrogen) atoms. The molecule has 0 bridgehead atoms. The lowest BCUT2D eigenvalue weighted by atomic mass is 10.0. The van der Waals surface area contributed by atoms with Crippen LogP contribution in [0.25, 0.3) is 0 Å². The molecule has 5 nitrogen and oxygen atoms in total. The number of amides is 1. The van der Waals surface area contributed by atoms with E-state index in [0.717, 1.165) is 12.8 Å². The molecular weight excluding hydrogens is 360 g/mol. The molecule has 1 aromatic rings. The van der Waals surface area contributed by atoms with Gasteiger partial charge in [0.25, 0.3) is 5.91 Å². The van der Waals surface area contributed by atoms with Gasteiger partial charge in [0.1, 0.15) is 0 Å². The second-order valence-electron chi connectivity index (χ2n) is 6.58. The molecule has 142 valence electrons. The zero-order valence-electron chi connectivity index (χ0n) is 15.7. The smallest absolute Gasteiger partial charge is 0.253 e. The number of carbonyl (C=O) groups is 1. The molecule has 0 aliphatic carbocycles. The standard InChI is InChI=1S/C18H29ClN2O3S/c1-6-21(7-2)25(23,24)15-10-11-17(19)16(12-15)18(22)20-14(5)9-8-13(3)4/h10-14H,6-9H2,1-5H3,(H,20,22)/t14-/m0/s1. The van der Waals surface area contributed by atoms with Crippen molar-refractivity contribution in [3.8, 4) is 0 Å². The Hall–Kier alpha value is -1.11. The first-order chi connectivity index (χ1) is 11.6. The minimum Gasteiger partial charge on any atom is -0.350 e.